The molecular formula is C8H12N2O. The number of amides is 1. The number of carbonyl (C=O) groups excluding carboxylic acids is 1. The van der Waals surface area contributed by atoms with Crippen LogP contribution in [0.5, 0.6) is 0 Å². The van der Waals surface area contributed by atoms with Gasteiger partial charge in [0.15, 0.2) is 0 Å². The normalized spacial score (nSPS) is 34.9. The molecule has 2 aliphatic rings. The SMILES string of the molecule is NC(=O)CN1CC2C=CC1C2. The van der Waals surface area contributed by atoms with Crippen molar-refractivity contribution in [2.75, 3.05) is 13.1 Å². The van der Waals surface area contributed by atoms with E-state index < -0.39 is 0 Å². The summed E-state index contributed by atoms with van der Waals surface area (Å²) in [6.45, 7) is 1.44. The fourth-order valence-electron chi connectivity index (χ4n) is 1.98. The van der Waals surface area contributed by atoms with Crippen molar-refractivity contribution in [3.05, 3.63) is 12.2 Å². The van der Waals surface area contributed by atoms with Crippen LogP contribution in [0.25, 0.3) is 0 Å². The van der Waals surface area contributed by atoms with Crippen molar-refractivity contribution < 1.29 is 4.79 Å². The number of nitrogens with two attached hydrogens (primary N) is 1. The number of carbonyl (C=O) groups is 1. The molecule has 1 amide bonds. The number of likely N-dealkylation sites (tertiary alicyclic amines) is 1. The van der Waals surface area contributed by atoms with Crippen LogP contribution in [0.1, 0.15) is 6.42 Å². The van der Waals surface area contributed by atoms with E-state index in [9.17, 15) is 4.79 Å². The summed E-state index contributed by atoms with van der Waals surface area (Å²) in [5.74, 6) is 0.463. The fourth-order valence-corrected chi connectivity index (χ4v) is 1.98. The first kappa shape index (κ1) is 6.85. The van der Waals surface area contributed by atoms with Crippen LogP contribution >= 0.6 is 0 Å². The Balaban J connectivity index is 1.98. The van der Waals surface area contributed by atoms with Gasteiger partial charge in [-0.3, -0.25) is 9.69 Å². The molecule has 1 saturated heterocycles. The molecular weight excluding hydrogens is 140 g/mol. The average Bonchev–Trinajstić information content (AvgIpc) is 2.45. The number of rotatable bonds is 2. The highest BCUT2D eigenvalue weighted by Crippen LogP contribution is 2.30. The van der Waals surface area contributed by atoms with E-state index in [1.165, 1.54) is 6.42 Å². The molecule has 2 rings (SSSR count). The molecule has 2 bridgehead atoms. The van der Waals surface area contributed by atoms with Crippen LogP contribution in [-0.2, 0) is 4.79 Å². The minimum atomic E-state index is -0.217. The van der Waals surface area contributed by atoms with Crippen LogP contribution < -0.4 is 5.73 Å². The van der Waals surface area contributed by atoms with Gasteiger partial charge in [-0.05, 0) is 12.3 Å². The minimum Gasteiger partial charge on any atom is -0.369 e. The standard InChI is InChI=1S/C8H12N2O/c9-8(11)5-10-4-6-1-2-7(10)3-6/h1-2,6-7H,3-5H2,(H2,9,11). The Labute approximate surface area is 65.9 Å². The second-order valence-electron chi connectivity index (χ2n) is 3.34. The second-order valence-corrected chi connectivity index (χ2v) is 3.34. The lowest BCUT2D eigenvalue weighted by Crippen LogP contribution is -2.37. The molecule has 60 valence electrons. The summed E-state index contributed by atoms with van der Waals surface area (Å²) in [4.78, 5) is 12.7. The maximum absolute atomic E-state index is 10.6. The summed E-state index contributed by atoms with van der Waals surface area (Å²) in [6, 6.07) is 0.493. The van der Waals surface area contributed by atoms with Crippen LogP contribution in [0.2, 0.25) is 0 Å². The van der Waals surface area contributed by atoms with Crippen LogP contribution in [0.15, 0.2) is 12.2 Å². The van der Waals surface area contributed by atoms with E-state index in [2.05, 4.69) is 17.1 Å². The first-order chi connectivity index (χ1) is 5.25. The number of primary amides is 1. The molecule has 0 spiro atoms. The molecule has 3 nitrogen and oxygen atoms in total. The molecule has 0 aromatic carbocycles. The van der Waals surface area contributed by atoms with Crippen LogP contribution in [0.3, 0.4) is 0 Å². The Morgan fingerprint density at radius 3 is 2.91 bits per heavy atom. The summed E-state index contributed by atoms with van der Waals surface area (Å²) in [5.41, 5.74) is 5.10. The molecule has 0 aromatic heterocycles. The Kier molecular flexibility index (Phi) is 1.46. The third-order valence-corrected chi connectivity index (χ3v) is 2.45. The molecule has 1 aliphatic carbocycles. The zero-order chi connectivity index (χ0) is 7.84. The van der Waals surface area contributed by atoms with Gasteiger partial charge in [0.25, 0.3) is 0 Å². The monoisotopic (exact) mass is 152 g/mol. The van der Waals surface area contributed by atoms with E-state index in [0.29, 0.717) is 18.5 Å². The van der Waals surface area contributed by atoms with Gasteiger partial charge in [-0.2, -0.15) is 0 Å². The molecule has 0 aromatic rings. The van der Waals surface area contributed by atoms with Gasteiger partial charge in [0.2, 0.25) is 5.91 Å². The van der Waals surface area contributed by atoms with E-state index in [-0.39, 0.29) is 5.91 Å². The molecule has 0 saturated carbocycles. The summed E-state index contributed by atoms with van der Waals surface area (Å²) in [6.07, 6.45) is 5.60. The third-order valence-electron chi connectivity index (χ3n) is 2.45. The van der Waals surface area contributed by atoms with Crippen molar-refractivity contribution in [3.63, 3.8) is 0 Å². The lowest BCUT2D eigenvalue weighted by molar-refractivity contribution is -0.119. The van der Waals surface area contributed by atoms with Crippen molar-refractivity contribution >= 4 is 5.91 Å². The van der Waals surface area contributed by atoms with E-state index in [1.807, 2.05) is 0 Å². The van der Waals surface area contributed by atoms with E-state index >= 15 is 0 Å². The summed E-state index contributed by atoms with van der Waals surface area (Å²) in [5, 5.41) is 0. The van der Waals surface area contributed by atoms with Gasteiger partial charge >= 0.3 is 0 Å². The van der Waals surface area contributed by atoms with Crippen molar-refractivity contribution in [1.82, 2.24) is 4.90 Å². The van der Waals surface area contributed by atoms with Crippen LogP contribution in [-0.4, -0.2) is 29.9 Å². The molecule has 2 N–H and O–H groups in total. The maximum Gasteiger partial charge on any atom is 0.231 e. The van der Waals surface area contributed by atoms with Gasteiger partial charge in [0, 0.05) is 12.6 Å². The van der Waals surface area contributed by atoms with Crippen molar-refractivity contribution in [3.8, 4) is 0 Å². The van der Waals surface area contributed by atoms with Gasteiger partial charge in [-0.15, -0.1) is 0 Å². The molecule has 1 aliphatic heterocycles. The van der Waals surface area contributed by atoms with Gasteiger partial charge < -0.3 is 5.73 Å². The molecule has 2 atom stereocenters. The zero-order valence-electron chi connectivity index (χ0n) is 6.36. The summed E-state index contributed by atoms with van der Waals surface area (Å²) >= 11 is 0. The predicted molar refractivity (Wildman–Crippen MR) is 41.8 cm³/mol. The molecule has 3 heteroatoms. The van der Waals surface area contributed by atoms with Crippen LogP contribution in [0, 0.1) is 5.92 Å². The Morgan fingerprint density at radius 2 is 2.45 bits per heavy atom. The highest BCUT2D eigenvalue weighted by molar-refractivity contribution is 5.76. The highest BCUT2D eigenvalue weighted by Gasteiger charge is 2.33. The lowest BCUT2D eigenvalue weighted by Gasteiger charge is -2.21. The molecule has 2 unspecified atom stereocenters. The number of fused-ring (bicyclic) bond motifs is 2. The van der Waals surface area contributed by atoms with Gasteiger partial charge in [0.1, 0.15) is 0 Å². The molecule has 0 radical (unpaired) electrons. The molecule has 1 heterocycles. The molecule has 1 fully saturated rings. The largest absolute Gasteiger partial charge is 0.369 e. The smallest absolute Gasteiger partial charge is 0.231 e. The van der Waals surface area contributed by atoms with E-state index in [4.69, 9.17) is 5.73 Å². The number of hydrogen-bond donors (Lipinski definition) is 1. The number of nitrogens with zero attached hydrogens (tertiary/aromatic N) is 1. The topological polar surface area (TPSA) is 46.3 Å². The fraction of sp³-hybridized carbons (Fsp3) is 0.625. The van der Waals surface area contributed by atoms with Gasteiger partial charge in [-0.25, -0.2) is 0 Å². The Morgan fingerprint density at radius 1 is 1.64 bits per heavy atom. The van der Waals surface area contributed by atoms with Crippen molar-refractivity contribution in [1.29, 1.82) is 0 Å². The average molecular weight is 152 g/mol. The quantitative estimate of drug-likeness (QED) is 0.554. The van der Waals surface area contributed by atoms with Gasteiger partial charge in [0.05, 0.1) is 6.54 Å². The Hall–Kier alpha value is -0.830. The molecule has 11 heavy (non-hydrogen) atoms. The maximum atomic E-state index is 10.6. The van der Waals surface area contributed by atoms with Crippen molar-refractivity contribution in [2.24, 2.45) is 11.7 Å². The first-order valence-electron chi connectivity index (χ1n) is 3.96. The van der Waals surface area contributed by atoms with E-state index in [0.717, 1.165) is 6.54 Å². The minimum absolute atomic E-state index is 0.217. The lowest BCUT2D eigenvalue weighted by atomic mass is 10.2. The second kappa shape index (κ2) is 2.34. The highest BCUT2D eigenvalue weighted by atomic mass is 16.1. The van der Waals surface area contributed by atoms with Crippen LogP contribution in [0.4, 0.5) is 0 Å². The Bertz CT molecular complexity index is 212. The van der Waals surface area contributed by atoms with Crippen molar-refractivity contribution in [2.45, 2.75) is 12.5 Å². The predicted octanol–water partition coefficient (Wildman–Crippen LogP) is -0.268. The third kappa shape index (κ3) is 1.16. The zero-order valence-corrected chi connectivity index (χ0v) is 6.36. The number of hydrogen-bond acceptors (Lipinski definition) is 2. The van der Waals surface area contributed by atoms with E-state index in [1.54, 1.807) is 0 Å². The summed E-state index contributed by atoms with van der Waals surface area (Å²) in [7, 11) is 0. The first-order valence-corrected chi connectivity index (χ1v) is 3.96. The summed E-state index contributed by atoms with van der Waals surface area (Å²) < 4.78 is 0. The van der Waals surface area contributed by atoms with Gasteiger partial charge in [-0.1, -0.05) is 12.2 Å².